The molecular weight excluding hydrogens is 354 g/mol. The number of nitrogens with zero attached hydrogens (tertiary/aromatic N) is 2. The first-order valence-electron chi connectivity index (χ1n) is 6.19. The van der Waals surface area contributed by atoms with E-state index >= 15 is 0 Å². The third kappa shape index (κ3) is 2.43. The van der Waals surface area contributed by atoms with Crippen LogP contribution in [0.1, 0.15) is 25.5 Å². The van der Waals surface area contributed by atoms with Crippen LogP contribution in [-0.2, 0) is 0 Å². The molecule has 6 heteroatoms. The molecule has 0 saturated heterocycles. The van der Waals surface area contributed by atoms with Gasteiger partial charge in [0.15, 0.2) is 0 Å². The molecule has 0 bridgehead atoms. The van der Waals surface area contributed by atoms with E-state index in [2.05, 4.69) is 50.8 Å². The normalized spacial score (nSPS) is 11.4. The minimum atomic E-state index is 0.339. The van der Waals surface area contributed by atoms with Crippen molar-refractivity contribution >= 4 is 49.7 Å². The van der Waals surface area contributed by atoms with Gasteiger partial charge in [-0.25, -0.2) is 4.98 Å². The van der Waals surface area contributed by atoms with Crippen LogP contribution in [0.2, 0.25) is 0 Å². The summed E-state index contributed by atoms with van der Waals surface area (Å²) in [6.45, 7) is 4.24. The number of aromatic amines is 1. The van der Waals surface area contributed by atoms with E-state index in [1.54, 1.807) is 11.3 Å². The number of fused-ring (bicyclic) bond motifs is 1. The van der Waals surface area contributed by atoms with E-state index in [1.165, 1.54) is 0 Å². The van der Waals surface area contributed by atoms with Crippen molar-refractivity contribution < 1.29 is 0 Å². The second kappa shape index (κ2) is 5.35. The Morgan fingerprint density at radius 3 is 2.95 bits per heavy atom. The fourth-order valence-corrected chi connectivity index (χ4v) is 3.61. The van der Waals surface area contributed by atoms with E-state index < -0.39 is 0 Å². The predicted octanol–water partition coefficient (Wildman–Crippen LogP) is 5.30. The topological polar surface area (TPSA) is 41.6 Å². The first kappa shape index (κ1) is 13.9. The van der Waals surface area contributed by atoms with Crippen molar-refractivity contribution in [3.63, 3.8) is 0 Å². The summed E-state index contributed by atoms with van der Waals surface area (Å²) in [7, 11) is 0. The summed E-state index contributed by atoms with van der Waals surface area (Å²) in [5, 5.41) is 2.04. The lowest BCUT2D eigenvalue weighted by Crippen LogP contribution is -2.00. The Bertz CT molecular complexity index is 836. The van der Waals surface area contributed by atoms with Crippen LogP contribution in [0.25, 0.3) is 21.6 Å². The molecule has 3 nitrogen and oxygen atoms in total. The molecule has 0 amide bonds. The van der Waals surface area contributed by atoms with Crippen LogP contribution in [0.5, 0.6) is 0 Å². The van der Waals surface area contributed by atoms with Crippen LogP contribution in [0, 0.1) is 4.64 Å². The number of hydrogen-bond acceptors (Lipinski definition) is 4. The molecule has 0 fully saturated rings. The Hall–Kier alpha value is -1.11. The maximum Gasteiger partial charge on any atom is 0.144 e. The van der Waals surface area contributed by atoms with Crippen molar-refractivity contribution in [2.24, 2.45) is 0 Å². The zero-order chi connectivity index (χ0) is 14.3. The van der Waals surface area contributed by atoms with Crippen LogP contribution in [0.3, 0.4) is 0 Å². The molecule has 0 aliphatic heterocycles. The number of aromatic nitrogens is 3. The molecule has 3 aromatic heterocycles. The van der Waals surface area contributed by atoms with Gasteiger partial charge in [-0.1, -0.05) is 26.1 Å². The molecule has 0 spiro atoms. The maximum atomic E-state index is 5.33. The quantitative estimate of drug-likeness (QED) is 0.626. The molecule has 3 rings (SSSR count). The molecule has 0 saturated carbocycles. The summed E-state index contributed by atoms with van der Waals surface area (Å²) in [5.74, 6) is 1.11. The number of halogens is 1. The lowest BCUT2D eigenvalue weighted by Gasteiger charge is -2.11. The predicted molar refractivity (Wildman–Crippen MR) is 89.8 cm³/mol. The highest BCUT2D eigenvalue weighted by Crippen LogP contribution is 2.28. The van der Waals surface area contributed by atoms with Crippen LogP contribution in [-0.4, -0.2) is 15.0 Å². The van der Waals surface area contributed by atoms with Crippen molar-refractivity contribution in [1.29, 1.82) is 0 Å². The monoisotopic (exact) mass is 365 g/mol. The summed E-state index contributed by atoms with van der Waals surface area (Å²) in [4.78, 5) is 12.3. The van der Waals surface area contributed by atoms with Gasteiger partial charge in [0.1, 0.15) is 10.5 Å². The van der Waals surface area contributed by atoms with Gasteiger partial charge in [-0.2, -0.15) is 0 Å². The van der Waals surface area contributed by atoms with E-state index in [0.717, 1.165) is 31.8 Å². The molecule has 0 radical (unpaired) electrons. The Balaban J connectivity index is 2.20. The summed E-state index contributed by atoms with van der Waals surface area (Å²) in [6, 6.07) is 4.11. The maximum absolute atomic E-state index is 5.33. The third-order valence-corrected chi connectivity index (χ3v) is 5.26. The first-order valence-corrected chi connectivity index (χ1v) is 8.27. The molecule has 20 heavy (non-hydrogen) atoms. The van der Waals surface area contributed by atoms with Crippen molar-refractivity contribution in [2.45, 2.75) is 19.8 Å². The van der Waals surface area contributed by atoms with Crippen LogP contribution < -0.4 is 0 Å². The molecule has 3 aromatic rings. The van der Waals surface area contributed by atoms with Gasteiger partial charge >= 0.3 is 0 Å². The van der Waals surface area contributed by atoms with E-state index in [4.69, 9.17) is 12.2 Å². The van der Waals surface area contributed by atoms with Crippen LogP contribution in [0.15, 0.2) is 28.2 Å². The van der Waals surface area contributed by atoms with Gasteiger partial charge in [-0.05, 0) is 39.4 Å². The van der Waals surface area contributed by atoms with Gasteiger partial charge in [-0.3, -0.25) is 4.98 Å². The van der Waals surface area contributed by atoms with Gasteiger partial charge in [0.05, 0.1) is 14.7 Å². The SMILES string of the molecule is CC(C)c1[nH]c(-c2cnc3ccsc3c2)nc(=S)c1Br. The minimum absolute atomic E-state index is 0.339. The average molecular weight is 366 g/mol. The Kier molecular flexibility index (Phi) is 3.70. The van der Waals surface area contributed by atoms with Crippen molar-refractivity contribution in [3.05, 3.63) is 38.5 Å². The highest BCUT2D eigenvalue weighted by atomic mass is 79.9. The summed E-state index contributed by atoms with van der Waals surface area (Å²) in [6.07, 6.45) is 1.83. The smallest absolute Gasteiger partial charge is 0.144 e. The molecular formula is C14H12BrN3S2. The molecule has 0 aliphatic carbocycles. The molecule has 3 heterocycles. The average Bonchev–Trinajstić information content (AvgIpc) is 2.88. The van der Waals surface area contributed by atoms with E-state index in [-0.39, 0.29) is 0 Å². The highest BCUT2D eigenvalue weighted by Gasteiger charge is 2.11. The van der Waals surface area contributed by atoms with Gasteiger partial charge in [0, 0.05) is 17.5 Å². The van der Waals surface area contributed by atoms with Gasteiger partial charge < -0.3 is 4.98 Å². The van der Waals surface area contributed by atoms with Gasteiger partial charge in [0.25, 0.3) is 0 Å². The summed E-state index contributed by atoms with van der Waals surface area (Å²) >= 11 is 10.5. The van der Waals surface area contributed by atoms with E-state index in [0.29, 0.717) is 10.6 Å². The zero-order valence-corrected chi connectivity index (χ0v) is 14.2. The Labute approximate surface area is 134 Å². The van der Waals surface area contributed by atoms with Gasteiger partial charge in [-0.15, -0.1) is 11.3 Å². The minimum Gasteiger partial charge on any atom is -0.342 e. The fraction of sp³-hybridized carbons (Fsp3) is 0.214. The van der Waals surface area contributed by atoms with Crippen molar-refractivity contribution in [3.8, 4) is 11.4 Å². The standard InChI is InChI=1S/C14H12BrN3S2/c1-7(2)12-11(15)14(19)18-13(17-12)8-5-10-9(16-6-8)3-4-20-10/h3-7H,1-2H3,(H,17,18,19). The molecule has 0 aliphatic rings. The largest absolute Gasteiger partial charge is 0.342 e. The lowest BCUT2D eigenvalue weighted by atomic mass is 10.1. The lowest BCUT2D eigenvalue weighted by molar-refractivity contribution is 0.807. The number of hydrogen-bond donors (Lipinski definition) is 1. The third-order valence-electron chi connectivity index (χ3n) is 3.04. The molecule has 102 valence electrons. The van der Waals surface area contributed by atoms with Crippen LogP contribution >= 0.6 is 39.5 Å². The first-order chi connectivity index (χ1) is 9.56. The van der Waals surface area contributed by atoms with Crippen LogP contribution in [0.4, 0.5) is 0 Å². The molecule has 1 N–H and O–H groups in total. The zero-order valence-electron chi connectivity index (χ0n) is 11.0. The summed E-state index contributed by atoms with van der Waals surface area (Å²) < 4.78 is 2.60. The van der Waals surface area contributed by atoms with E-state index in [1.807, 2.05) is 17.6 Å². The number of rotatable bonds is 2. The van der Waals surface area contributed by atoms with E-state index in [9.17, 15) is 0 Å². The molecule has 0 aromatic carbocycles. The van der Waals surface area contributed by atoms with Crippen molar-refractivity contribution in [1.82, 2.24) is 15.0 Å². The summed E-state index contributed by atoms with van der Waals surface area (Å²) in [5.41, 5.74) is 3.03. The molecule has 0 unspecified atom stereocenters. The number of H-pyrrole nitrogens is 1. The number of nitrogens with one attached hydrogen (secondary N) is 1. The Morgan fingerprint density at radius 1 is 1.40 bits per heavy atom. The number of thiophene rings is 1. The second-order valence-electron chi connectivity index (χ2n) is 4.80. The second-order valence-corrected chi connectivity index (χ2v) is 6.93. The fourth-order valence-electron chi connectivity index (χ4n) is 1.99. The molecule has 0 atom stereocenters. The van der Waals surface area contributed by atoms with Crippen molar-refractivity contribution in [2.75, 3.05) is 0 Å². The highest BCUT2D eigenvalue weighted by molar-refractivity contribution is 9.10. The number of pyridine rings is 1. The Morgan fingerprint density at radius 2 is 2.20 bits per heavy atom. The van der Waals surface area contributed by atoms with Gasteiger partial charge in [0.2, 0.25) is 0 Å².